The van der Waals surface area contributed by atoms with Crippen LogP contribution in [0.1, 0.15) is 104 Å². The minimum absolute atomic E-state index is 0.0476. The third-order valence-corrected chi connectivity index (χ3v) is 4.50. The van der Waals surface area contributed by atoms with Gasteiger partial charge in [-0.25, -0.2) is 0 Å². The Labute approximate surface area is 155 Å². The van der Waals surface area contributed by atoms with Gasteiger partial charge in [-0.05, 0) is 31.6 Å². The molecule has 0 fully saturated rings. The van der Waals surface area contributed by atoms with E-state index in [1.54, 1.807) is 0 Å². The molecular formula is C21H40O4. The number of unbranched alkanes of at least 4 members (excludes halogenated alkanes) is 6. The second-order valence-corrected chi connectivity index (χ2v) is 6.94. The Morgan fingerprint density at radius 2 is 1.28 bits per heavy atom. The van der Waals surface area contributed by atoms with E-state index in [2.05, 4.69) is 13.8 Å². The Hall–Kier alpha value is -1.06. The molecule has 0 aliphatic heterocycles. The van der Waals surface area contributed by atoms with Crippen molar-refractivity contribution < 1.29 is 19.1 Å². The van der Waals surface area contributed by atoms with Gasteiger partial charge in [-0.2, -0.15) is 0 Å². The fourth-order valence-corrected chi connectivity index (χ4v) is 2.71. The van der Waals surface area contributed by atoms with Gasteiger partial charge in [0, 0.05) is 12.8 Å². The monoisotopic (exact) mass is 356 g/mol. The summed E-state index contributed by atoms with van der Waals surface area (Å²) in [4.78, 5) is 23.1. The molecule has 0 aromatic rings. The van der Waals surface area contributed by atoms with Gasteiger partial charge in [0.2, 0.25) is 0 Å². The first-order chi connectivity index (χ1) is 12.1. The van der Waals surface area contributed by atoms with E-state index in [1.807, 2.05) is 6.92 Å². The SMILES string of the molecule is CCCCC(CC)COC(=O)CCCCCCCCC(=O)OCCC. The number of hydrogen-bond acceptors (Lipinski definition) is 4. The molecule has 0 N–H and O–H groups in total. The first-order valence-corrected chi connectivity index (χ1v) is 10.4. The Morgan fingerprint density at radius 3 is 1.80 bits per heavy atom. The molecular weight excluding hydrogens is 316 g/mol. The van der Waals surface area contributed by atoms with Crippen molar-refractivity contribution in [2.75, 3.05) is 13.2 Å². The second kappa shape index (κ2) is 17.8. The molecule has 0 amide bonds. The lowest BCUT2D eigenvalue weighted by Gasteiger charge is -2.14. The molecule has 4 heteroatoms. The van der Waals surface area contributed by atoms with E-state index in [1.165, 1.54) is 12.8 Å². The fraction of sp³-hybridized carbons (Fsp3) is 0.905. The van der Waals surface area contributed by atoms with Gasteiger partial charge in [0.05, 0.1) is 13.2 Å². The van der Waals surface area contributed by atoms with Crippen molar-refractivity contribution in [2.45, 2.75) is 104 Å². The van der Waals surface area contributed by atoms with Gasteiger partial charge in [0.15, 0.2) is 0 Å². The molecule has 4 nitrogen and oxygen atoms in total. The van der Waals surface area contributed by atoms with E-state index in [9.17, 15) is 9.59 Å². The van der Waals surface area contributed by atoms with E-state index in [0.717, 1.165) is 57.8 Å². The molecule has 1 atom stereocenters. The molecule has 0 aliphatic carbocycles. The first-order valence-electron chi connectivity index (χ1n) is 10.4. The van der Waals surface area contributed by atoms with Crippen molar-refractivity contribution in [1.29, 1.82) is 0 Å². The van der Waals surface area contributed by atoms with Gasteiger partial charge in [0.1, 0.15) is 0 Å². The van der Waals surface area contributed by atoms with Gasteiger partial charge in [-0.1, -0.05) is 65.7 Å². The van der Waals surface area contributed by atoms with Crippen LogP contribution >= 0.6 is 0 Å². The summed E-state index contributed by atoms with van der Waals surface area (Å²) in [5.41, 5.74) is 0. The highest BCUT2D eigenvalue weighted by Gasteiger charge is 2.09. The second-order valence-electron chi connectivity index (χ2n) is 6.94. The van der Waals surface area contributed by atoms with Gasteiger partial charge in [0.25, 0.3) is 0 Å². The lowest BCUT2D eigenvalue weighted by atomic mass is 10.0. The molecule has 0 radical (unpaired) electrons. The molecule has 0 saturated carbocycles. The van der Waals surface area contributed by atoms with Crippen LogP contribution in [0.25, 0.3) is 0 Å². The minimum Gasteiger partial charge on any atom is -0.466 e. The van der Waals surface area contributed by atoms with Crippen LogP contribution in [0, 0.1) is 5.92 Å². The highest BCUT2D eigenvalue weighted by molar-refractivity contribution is 5.69. The van der Waals surface area contributed by atoms with Crippen LogP contribution in [0.15, 0.2) is 0 Å². The molecule has 0 heterocycles. The van der Waals surface area contributed by atoms with E-state index in [4.69, 9.17) is 9.47 Å². The van der Waals surface area contributed by atoms with Crippen LogP contribution in [0.2, 0.25) is 0 Å². The van der Waals surface area contributed by atoms with Gasteiger partial charge in [-0.3, -0.25) is 9.59 Å². The summed E-state index contributed by atoms with van der Waals surface area (Å²) in [7, 11) is 0. The molecule has 0 rings (SSSR count). The highest BCUT2D eigenvalue weighted by Crippen LogP contribution is 2.14. The normalized spacial score (nSPS) is 12.0. The number of hydrogen-bond donors (Lipinski definition) is 0. The van der Waals surface area contributed by atoms with Gasteiger partial charge in [-0.15, -0.1) is 0 Å². The molecule has 148 valence electrons. The summed E-state index contributed by atoms with van der Waals surface area (Å²) in [6.07, 6.45) is 12.8. The zero-order chi connectivity index (χ0) is 18.8. The predicted octanol–water partition coefficient (Wildman–Crippen LogP) is 5.82. The maximum Gasteiger partial charge on any atom is 0.305 e. The van der Waals surface area contributed by atoms with E-state index in [-0.39, 0.29) is 11.9 Å². The lowest BCUT2D eigenvalue weighted by Crippen LogP contribution is -2.13. The third kappa shape index (κ3) is 16.2. The summed E-state index contributed by atoms with van der Waals surface area (Å²) in [5, 5.41) is 0. The molecule has 0 bridgehead atoms. The Bertz CT molecular complexity index is 328. The van der Waals surface area contributed by atoms with E-state index in [0.29, 0.717) is 32.0 Å². The number of carbonyl (C=O) groups excluding carboxylic acids is 2. The van der Waals surface area contributed by atoms with Crippen molar-refractivity contribution in [2.24, 2.45) is 5.92 Å². The zero-order valence-electron chi connectivity index (χ0n) is 16.8. The molecule has 0 aliphatic rings. The summed E-state index contributed by atoms with van der Waals surface area (Å²) >= 11 is 0. The van der Waals surface area contributed by atoms with Crippen LogP contribution in [-0.4, -0.2) is 25.2 Å². The topological polar surface area (TPSA) is 52.6 Å². The molecule has 25 heavy (non-hydrogen) atoms. The van der Waals surface area contributed by atoms with Crippen LogP contribution in [0.3, 0.4) is 0 Å². The molecule has 0 saturated heterocycles. The quantitative estimate of drug-likeness (QED) is 0.243. The van der Waals surface area contributed by atoms with Crippen molar-refractivity contribution in [1.82, 2.24) is 0 Å². The van der Waals surface area contributed by atoms with Crippen molar-refractivity contribution in [3.63, 3.8) is 0 Å². The smallest absolute Gasteiger partial charge is 0.305 e. The van der Waals surface area contributed by atoms with Gasteiger partial charge >= 0.3 is 11.9 Å². The molecule has 0 aromatic heterocycles. The predicted molar refractivity (Wildman–Crippen MR) is 102 cm³/mol. The fourth-order valence-electron chi connectivity index (χ4n) is 2.71. The van der Waals surface area contributed by atoms with E-state index >= 15 is 0 Å². The van der Waals surface area contributed by atoms with Gasteiger partial charge < -0.3 is 9.47 Å². The average Bonchev–Trinajstić information content (AvgIpc) is 2.62. The summed E-state index contributed by atoms with van der Waals surface area (Å²) in [6.45, 7) is 7.47. The van der Waals surface area contributed by atoms with Crippen LogP contribution in [0.4, 0.5) is 0 Å². The van der Waals surface area contributed by atoms with E-state index < -0.39 is 0 Å². The summed E-state index contributed by atoms with van der Waals surface area (Å²) < 4.78 is 10.4. The van der Waals surface area contributed by atoms with Crippen LogP contribution in [-0.2, 0) is 19.1 Å². The Kier molecular flexibility index (Phi) is 17.0. The standard InChI is InChI=1S/C21H40O4/c1-4-7-14-19(6-3)18-25-21(23)16-13-11-9-8-10-12-15-20(22)24-17-5-2/h19H,4-18H2,1-3H3. The van der Waals surface area contributed by atoms with Crippen LogP contribution < -0.4 is 0 Å². The van der Waals surface area contributed by atoms with Crippen LogP contribution in [0.5, 0.6) is 0 Å². The Balaban J connectivity index is 3.44. The molecule has 1 unspecified atom stereocenters. The van der Waals surface area contributed by atoms with Crippen molar-refractivity contribution >= 4 is 11.9 Å². The zero-order valence-corrected chi connectivity index (χ0v) is 16.8. The summed E-state index contributed by atoms with van der Waals surface area (Å²) in [6, 6.07) is 0. The molecule has 0 aromatic carbocycles. The number of ether oxygens (including phenoxy) is 2. The average molecular weight is 357 g/mol. The Morgan fingerprint density at radius 1 is 0.720 bits per heavy atom. The number of rotatable bonds is 17. The number of carbonyl (C=O) groups is 2. The maximum absolute atomic E-state index is 11.8. The lowest BCUT2D eigenvalue weighted by molar-refractivity contribution is -0.145. The largest absolute Gasteiger partial charge is 0.466 e. The van der Waals surface area contributed by atoms with Crippen molar-refractivity contribution in [3.05, 3.63) is 0 Å². The number of esters is 2. The molecule has 0 spiro atoms. The first kappa shape index (κ1) is 23.9. The van der Waals surface area contributed by atoms with Crippen molar-refractivity contribution in [3.8, 4) is 0 Å². The third-order valence-electron chi connectivity index (χ3n) is 4.50. The maximum atomic E-state index is 11.8. The highest BCUT2D eigenvalue weighted by atomic mass is 16.5. The summed E-state index contributed by atoms with van der Waals surface area (Å²) in [5.74, 6) is 0.399. The minimum atomic E-state index is -0.0751.